The Bertz CT molecular complexity index is 941. The highest BCUT2D eigenvalue weighted by Crippen LogP contribution is 2.21. The highest BCUT2D eigenvalue weighted by molar-refractivity contribution is 6.32. The van der Waals surface area contributed by atoms with Gasteiger partial charge < -0.3 is 5.32 Å². The van der Waals surface area contributed by atoms with Gasteiger partial charge in [-0.05, 0) is 37.3 Å². The molecule has 6 heteroatoms. The monoisotopic (exact) mass is 336 g/mol. The number of aromatic nitrogens is 2. The van der Waals surface area contributed by atoms with Gasteiger partial charge in [0.05, 0.1) is 33.7 Å². The van der Waals surface area contributed by atoms with Crippen LogP contribution in [0.4, 0.5) is 5.69 Å². The number of amides is 1. The summed E-state index contributed by atoms with van der Waals surface area (Å²) >= 11 is 5.98. The Kier molecular flexibility index (Phi) is 4.32. The van der Waals surface area contributed by atoms with E-state index in [0.29, 0.717) is 21.8 Å². The first-order valence-corrected chi connectivity index (χ1v) is 7.59. The van der Waals surface area contributed by atoms with Gasteiger partial charge in [-0.2, -0.15) is 10.4 Å². The number of nitrogens with zero attached hydrogens (tertiary/aromatic N) is 3. The first kappa shape index (κ1) is 15.8. The van der Waals surface area contributed by atoms with Crippen LogP contribution in [0.15, 0.2) is 54.7 Å². The Hall–Kier alpha value is -3.10. The summed E-state index contributed by atoms with van der Waals surface area (Å²) < 4.78 is 1.71. The molecule has 0 atom stereocenters. The van der Waals surface area contributed by atoms with Crippen molar-refractivity contribution in [2.24, 2.45) is 0 Å². The number of benzene rings is 2. The van der Waals surface area contributed by atoms with Crippen molar-refractivity contribution in [3.63, 3.8) is 0 Å². The predicted molar refractivity (Wildman–Crippen MR) is 92.4 cm³/mol. The Morgan fingerprint density at radius 3 is 2.67 bits per heavy atom. The van der Waals surface area contributed by atoms with Crippen LogP contribution < -0.4 is 5.32 Å². The van der Waals surface area contributed by atoms with Crippen molar-refractivity contribution in [2.45, 2.75) is 6.92 Å². The van der Waals surface area contributed by atoms with E-state index in [1.165, 1.54) is 6.20 Å². The molecule has 1 heterocycles. The molecule has 5 nitrogen and oxygen atoms in total. The SMILES string of the molecule is Cc1c(C(=O)Nc2ccc(C#N)c(Cl)c2)cnn1-c1ccccc1. The number of hydrogen-bond donors (Lipinski definition) is 1. The Labute approximate surface area is 144 Å². The zero-order chi connectivity index (χ0) is 17.1. The normalized spacial score (nSPS) is 10.2. The van der Waals surface area contributed by atoms with Crippen molar-refractivity contribution in [2.75, 3.05) is 5.32 Å². The maximum atomic E-state index is 12.5. The second-order valence-electron chi connectivity index (χ2n) is 5.15. The molecule has 0 radical (unpaired) electrons. The summed E-state index contributed by atoms with van der Waals surface area (Å²) in [5.74, 6) is -0.282. The van der Waals surface area contributed by atoms with Crippen LogP contribution in [0.3, 0.4) is 0 Å². The van der Waals surface area contributed by atoms with Crippen molar-refractivity contribution in [3.8, 4) is 11.8 Å². The summed E-state index contributed by atoms with van der Waals surface area (Å²) in [6, 6.07) is 16.3. The minimum Gasteiger partial charge on any atom is -0.322 e. The molecule has 0 aliphatic rings. The fourth-order valence-corrected chi connectivity index (χ4v) is 2.57. The fraction of sp³-hybridized carbons (Fsp3) is 0.0556. The highest BCUT2D eigenvalue weighted by atomic mass is 35.5. The van der Waals surface area contributed by atoms with Gasteiger partial charge in [-0.15, -0.1) is 0 Å². The number of nitrogens with one attached hydrogen (secondary N) is 1. The number of hydrogen-bond acceptors (Lipinski definition) is 3. The van der Waals surface area contributed by atoms with Gasteiger partial charge in [-0.25, -0.2) is 4.68 Å². The predicted octanol–water partition coefficient (Wildman–Crippen LogP) is 3.96. The molecule has 2 aromatic carbocycles. The van der Waals surface area contributed by atoms with E-state index in [1.54, 1.807) is 22.9 Å². The maximum Gasteiger partial charge on any atom is 0.259 e. The number of rotatable bonds is 3. The first-order valence-electron chi connectivity index (χ1n) is 7.21. The van der Waals surface area contributed by atoms with Gasteiger partial charge in [-0.1, -0.05) is 29.8 Å². The molecular formula is C18H13ClN4O. The lowest BCUT2D eigenvalue weighted by atomic mass is 10.2. The van der Waals surface area contributed by atoms with Crippen LogP contribution in [-0.4, -0.2) is 15.7 Å². The van der Waals surface area contributed by atoms with Gasteiger partial charge in [0.15, 0.2) is 0 Å². The average Bonchev–Trinajstić information content (AvgIpc) is 2.97. The van der Waals surface area contributed by atoms with E-state index >= 15 is 0 Å². The topological polar surface area (TPSA) is 70.7 Å². The summed E-state index contributed by atoms with van der Waals surface area (Å²) in [4.78, 5) is 12.5. The zero-order valence-electron chi connectivity index (χ0n) is 12.8. The van der Waals surface area contributed by atoms with Gasteiger partial charge in [-0.3, -0.25) is 4.79 Å². The minimum atomic E-state index is -0.282. The minimum absolute atomic E-state index is 0.282. The highest BCUT2D eigenvalue weighted by Gasteiger charge is 2.15. The van der Waals surface area contributed by atoms with Crippen LogP contribution in [0.25, 0.3) is 5.69 Å². The van der Waals surface area contributed by atoms with Gasteiger partial charge in [0, 0.05) is 5.69 Å². The third kappa shape index (κ3) is 3.00. The lowest BCUT2D eigenvalue weighted by Crippen LogP contribution is -2.13. The standard InChI is InChI=1S/C18H13ClN4O/c1-12-16(11-21-23(12)15-5-3-2-4-6-15)18(24)22-14-8-7-13(10-20)17(19)9-14/h2-9,11H,1H3,(H,22,24). The molecule has 1 N–H and O–H groups in total. The summed E-state index contributed by atoms with van der Waals surface area (Å²) in [5, 5.41) is 16.2. The van der Waals surface area contributed by atoms with Crippen LogP contribution >= 0.6 is 11.6 Å². The van der Waals surface area contributed by atoms with Crippen LogP contribution in [-0.2, 0) is 0 Å². The number of anilines is 1. The van der Waals surface area contributed by atoms with Crippen molar-refractivity contribution >= 4 is 23.2 Å². The van der Waals surface area contributed by atoms with Gasteiger partial charge in [0.2, 0.25) is 0 Å². The zero-order valence-corrected chi connectivity index (χ0v) is 13.6. The number of halogens is 1. The Morgan fingerprint density at radius 2 is 2.00 bits per heavy atom. The van der Waals surface area contributed by atoms with Crippen LogP contribution in [0.5, 0.6) is 0 Å². The largest absolute Gasteiger partial charge is 0.322 e. The summed E-state index contributed by atoms with van der Waals surface area (Å²) in [7, 11) is 0. The molecule has 0 spiro atoms. The molecule has 1 aromatic heterocycles. The van der Waals surface area contributed by atoms with Gasteiger partial charge in [0.25, 0.3) is 5.91 Å². The molecule has 1 amide bonds. The molecule has 0 saturated heterocycles. The number of carbonyl (C=O) groups excluding carboxylic acids is 1. The van der Waals surface area contributed by atoms with E-state index in [9.17, 15) is 4.79 Å². The van der Waals surface area contributed by atoms with Crippen LogP contribution in [0, 0.1) is 18.3 Å². The summed E-state index contributed by atoms with van der Waals surface area (Å²) in [6.45, 7) is 1.83. The molecule has 0 bridgehead atoms. The van der Waals surface area contributed by atoms with E-state index in [-0.39, 0.29) is 5.91 Å². The molecule has 0 unspecified atom stereocenters. The quantitative estimate of drug-likeness (QED) is 0.787. The van der Waals surface area contributed by atoms with Crippen LogP contribution in [0.2, 0.25) is 5.02 Å². The molecule has 24 heavy (non-hydrogen) atoms. The third-order valence-electron chi connectivity index (χ3n) is 3.60. The van der Waals surface area contributed by atoms with Crippen molar-refractivity contribution in [1.29, 1.82) is 5.26 Å². The van der Waals surface area contributed by atoms with Gasteiger partial charge >= 0.3 is 0 Å². The fourth-order valence-electron chi connectivity index (χ4n) is 2.34. The van der Waals surface area contributed by atoms with E-state index in [1.807, 2.05) is 43.3 Å². The number of carbonyl (C=O) groups is 1. The van der Waals surface area contributed by atoms with E-state index in [4.69, 9.17) is 16.9 Å². The third-order valence-corrected chi connectivity index (χ3v) is 3.92. The Morgan fingerprint density at radius 1 is 1.25 bits per heavy atom. The average molecular weight is 337 g/mol. The molecule has 0 aliphatic carbocycles. The Balaban J connectivity index is 1.85. The van der Waals surface area contributed by atoms with Crippen molar-refractivity contribution in [3.05, 3.63) is 76.6 Å². The van der Waals surface area contributed by atoms with Gasteiger partial charge in [0.1, 0.15) is 6.07 Å². The van der Waals surface area contributed by atoms with Crippen molar-refractivity contribution in [1.82, 2.24) is 9.78 Å². The van der Waals surface area contributed by atoms with E-state index in [0.717, 1.165) is 11.4 Å². The lowest BCUT2D eigenvalue weighted by Gasteiger charge is -2.07. The first-order chi connectivity index (χ1) is 11.6. The molecule has 0 saturated carbocycles. The smallest absolute Gasteiger partial charge is 0.259 e. The molecule has 0 fully saturated rings. The molecule has 3 aromatic rings. The molecule has 3 rings (SSSR count). The van der Waals surface area contributed by atoms with Crippen LogP contribution in [0.1, 0.15) is 21.6 Å². The van der Waals surface area contributed by atoms with Crippen molar-refractivity contribution < 1.29 is 4.79 Å². The summed E-state index contributed by atoms with van der Waals surface area (Å²) in [5.41, 5.74) is 2.98. The summed E-state index contributed by atoms with van der Waals surface area (Å²) in [6.07, 6.45) is 1.53. The maximum absolute atomic E-state index is 12.5. The lowest BCUT2D eigenvalue weighted by molar-refractivity contribution is 0.102. The molecular weight excluding hydrogens is 324 g/mol. The van der Waals surface area contributed by atoms with E-state index < -0.39 is 0 Å². The second-order valence-corrected chi connectivity index (χ2v) is 5.56. The van der Waals surface area contributed by atoms with E-state index in [2.05, 4.69) is 10.4 Å². The molecule has 118 valence electrons. The second kappa shape index (κ2) is 6.57. The number of para-hydroxylation sites is 1. The number of nitriles is 1. The molecule has 0 aliphatic heterocycles.